The molecule has 1 aromatic rings. The van der Waals surface area contributed by atoms with Gasteiger partial charge in [0.15, 0.2) is 0 Å². The van der Waals surface area contributed by atoms with Crippen LogP contribution < -0.4 is 4.90 Å². The molecule has 0 spiro atoms. The van der Waals surface area contributed by atoms with E-state index in [9.17, 15) is 4.79 Å². The molecular formula is C18H29N5O. The number of anilines is 1. The molecule has 6 nitrogen and oxygen atoms in total. The number of amides is 1. The van der Waals surface area contributed by atoms with Gasteiger partial charge in [0.1, 0.15) is 0 Å². The zero-order valence-electron chi connectivity index (χ0n) is 15.2. The molecule has 0 saturated carbocycles. The average molecular weight is 331 g/mol. The Morgan fingerprint density at radius 3 is 2.38 bits per heavy atom. The van der Waals surface area contributed by atoms with Crippen molar-refractivity contribution in [2.24, 2.45) is 0 Å². The molecule has 2 saturated heterocycles. The Hall–Kier alpha value is -1.69. The van der Waals surface area contributed by atoms with E-state index in [-0.39, 0.29) is 0 Å². The first-order chi connectivity index (χ1) is 11.5. The first kappa shape index (κ1) is 17.1. The number of rotatable bonds is 3. The van der Waals surface area contributed by atoms with Crippen LogP contribution in [0.3, 0.4) is 0 Å². The predicted octanol–water partition coefficient (Wildman–Crippen LogP) is 1.62. The fraction of sp³-hybridized carbons (Fsp3) is 0.722. The summed E-state index contributed by atoms with van der Waals surface area (Å²) in [6.45, 7) is 11.2. The minimum Gasteiger partial charge on any atom is -0.339 e. The molecule has 0 unspecified atom stereocenters. The third kappa shape index (κ3) is 4.04. The highest BCUT2D eigenvalue weighted by atomic mass is 16.2. The number of likely N-dealkylation sites (tertiary alicyclic amines) is 1. The number of carbonyl (C=O) groups excluding carboxylic acids is 1. The molecule has 0 bridgehead atoms. The Morgan fingerprint density at radius 2 is 1.75 bits per heavy atom. The van der Waals surface area contributed by atoms with Gasteiger partial charge >= 0.3 is 0 Å². The monoisotopic (exact) mass is 331 g/mol. The number of aromatic nitrogens is 2. The second kappa shape index (κ2) is 7.47. The minimum absolute atomic E-state index is 0.290. The zero-order chi connectivity index (χ0) is 17.1. The summed E-state index contributed by atoms with van der Waals surface area (Å²) in [5, 5.41) is 0. The Morgan fingerprint density at radius 1 is 1.08 bits per heavy atom. The predicted molar refractivity (Wildman–Crippen MR) is 95.2 cm³/mol. The van der Waals surface area contributed by atoms with E-state index in [0.29, 0.717) is 18.5 Å². The molecule has 1 amide bonds. The summed E-state index contributed by atoms with van der Waals surface area (Å²) in [6.07, 6.45) is 3.54. The van der Waals surface area contributed by atoms with Gasteiger partial charge in [0.05, 0.1) is 6.54 Å². The Labute approximate surface area is 144 Å². The fourth-order valence-corrected chi connectivity index (χ4v) is 3.71. The molecule has 0 aromatic carbocycles. The van der Waals surface area contributed by atoms with Crippen LogP contribution in [-0.4, -0.2) is 71.0 Å². The molecular weight excluding hydrogens is 302 g/mol. The molecule has 3 rings (SSSR count). The zero-order valence-corrected chi connectivity index (χ0v) is 15.2. The quantitative estimate of drug-likeness (QED) is 0.842. The lowest BCUT2D eigenvalue weighted by Gasteiger charge is -2.38. The SMILES string of the molecule is Cc1cc(C)nc(N2CCN(CC(=O)N3CCCC[C@H]3C)CC2)n1. The third-order valence-corrected chi connectivity index (χ3v) is 5.11. The summed E-state index contributed by atoms with van der Waals surface area (Å²) >= 11 is 0. The smallest absolute Gasteiger partial charge is 0.236 e. The van der Waals surface area contributed by atoms with Gasteiger partial charge in [-0.3, -0.25) is 9.69 Å². The molecule has 2 aliphatic rings. The largest absolute Gasteiger partial charge is 0.339 e. The van der Waals surface area contributed by atoms with Crippen LogP contribution in [0.15, 0.2) is 6.07 Å². The standard InChI is InChI=1S/C18H29N5O/c1-14-12-15(2)20-18(19-14)22-10-8-21(9-11-22)13-17(24)23-7-5-4-6-16(23)3/h12,16H,4-11,13H2,1-3H3/t16-/m1/s1. The van der Waals surface area contributed by atoms with E-state index in [0.717, 1.165) is 62.9 Å². The molecule has 0 N–H and O–H groups in total. The van der Waals surface area contributed by atoms with Gasteiger partial charge in [-0.1, -0.05) is 0 Å². The van der Waals surface area contributed by atoms with Crippen LogP contribution in [0.4, 0.5) is 5.95 Å². The van der Waals surface area contributed by atoms with Crippen LogP contribution >= 0.6 is 0 Å². The molecule has 6 heteroatoms. The van der Waals surface area contributed by atoms with E-state index >= 15 is 0 Å². The number of nitrogens with zero attached hydrogens (tertiary/aromatic N) is 5. The van der Waals surface area contributed by atoms with Crippen molar-refractivity contribution in [3.63, 3.8) is 0 Å². The second-order valence-corrected chi connectivity index (χ2v) is 7.15. The molecule has 132 valence electrons. The molecule has 2 fully saturated rings. The number of piperidine rings is 1. The highest BCUT2D eigenvalue weighted by Crippen LogP contribution is 2.17. The molecule has 3 heterocycles. The van der Waals surface area contributed by atoms with Crippen LogP contribution in [0.2, 0.25) is 0 Å². The lowest BCUT2D eigenvalue weighted by Crippen LogP contribution is -2.52. The highest BCUT2D eigenvalue weighted by Gasteiger charge is 2.26. The summed E-state index contributed by atoms with van der Waals surface area (Å²) in [5.74, 6) is 1.11. The van der Waals surface area contributed by atoms with E-state index in [2.05, 4.69) is 31.6 Å². The van der Waals surface area contributed by atoms with E-state index in [1.165, 1.54) is 6.42 Å². The maximum absolute atomic E-state index is 12.6. The minimum atomic E-state index is 0.290. The van der Waals surface area contributed by atoms with Crippen molar-refractivity contribution in [1.82, 2.24) is 19.8 Å². The van der Waals surface area contributed by atoms with Gasteiger partial charge in [-0.2, -0.15) is 0 Å². The lowest BCUT2D eigenvalue weighted by atomic mass is 10.0. The van der Waals surface area contributed by atoms with Crippen molar-refractivity contribution in [2.45, 2.75) is 46.1 Å². The fourth-order valence-electron chi connectivity index (χ4n) is 3.71. The first-order valence-electron chi connectivity index (χ1n) is 9.12. The number of piperazine rings is 1. The van der Waals surface area contributed by atoms with Crippen LogP contribution in [-0.2, 0) is 4.79 Å². The maximum atomic E-state index is 12.6. The van der Waals surface area contributed by atoms with Gasteiger partial charge in [0.25, 0.3) is 0 Å². The van der Waals surface area contributed by atoms with Gasteiger partial charge in [-0.05, 0) is 46.1 Å². The number of carbonyl (C=O) groups is 1. The average Bonchev–Trinajstić information content (AvgIpc) is 2.55. The topological polar surface area (TPSA) is 52.6 Å². The second-order valence-electron chi connectivity index (χ2n) is 7.15. The van der Waals surface area contributed by atoms with Crippen LogP contribution in [0.25, 0.3) is 0 Å². The Balaban J connectivity index is 1.52. The summed E-state index contributed by atoms with van der Waals surface area (Å²) in [5.41, 5.74) is 2.02. The van der Waals surface area contributed by atoms with E-state index in [1.807, 2.05) is 19.9 Å². The lowest BCUT2D eigenvalue weighted by molar-refractivity contribution is -0.135. The van der Waals surface area contributed by atoms with E-state index in [4.69, 9.17) is 0 Å². The van der Waals surface area contributed by atoms with E-state index < -0.39 is 0 Å². The Bertz CT molecular complexity index is 563. The third-order valence-electron chi connectivity index (χ3n) is 5.11. The van der Waals surface area contributed by atoms with Gasteiger partial charge in [0.2, 0.25) is 11.9 Å². The van der Waals surface area contributed by atoms with Crippen molar-refractivity contribution in [3.05, 3.63) is 17.5 Å². The molecule has 24 heavy (non-hydrogen) atoms. The van der Waals surface area contributed by atoms with Gasteiger partial charge in [0, 0.05) is 50.2 Å². The highest BCUT2D eigenvalue weighted by molar-refractivity contribution is 5.78. The van der Waals surface area contributed by atoms with Crippen molar-refractivity contribution in [1.29, 1.82) is 0 Å². The van der Waals surface area contributed by atoms with Crippen LogP contribution in [0, 0.1) is 13.8 Å². The van der Waals surface area contributed by atoms with Crippen molar-refractivity contribution in [3.8, 4) is 0 Å². The maximum Gasteiger partial charge on any atom is 0.236 e. The summed E-state index contributed by atoms with van der Waals surface area (Å²) < 4.78 is 0. The molecule has 1 aromatic heterocycles. The molecule has 2 aliphatic heterocycles. The molecule has 0 radical (unpaired) electrons. The summed E-state index contributed by atoms with van der Waals surface area (Å²) in [4.78, 5) is 28.2. The van der Waals surface area contributed by atoms with E-state index in [1.54, 1.807) is 0 Å². The first-order valence-corrected chi connectivity index (χ1v) is 9.12. The summed E-state index contributed by atoms with van der Waals surface area (Å²) in [7, 11) is 0. The van der Waals surface area contributed by atoms with Gasteiger partial charge in [-0.25, -0.2) is 9.97 Å². The number of aryl methyl sites for hydroxylation is 2. The molecule has 1 atom stereocenters. The van der Waals surface area contributed by atoms with Crippen LogP contribution in [0.1, 0.15) is 37.6 Å². The summed E-state index contributed by atoms with van der Waals surface area (Å²) in [6, 6.07) is 2.40. The van der Waals surface area contributed by atoms with Crippen molar-refractivity contribution >= 4 is 11.9 Å². The van der Waals surface area contributed by atoms with Gasteiger partial charge < -0.3 is 9.80 Å². The van der Waals surface area contributed by atoms with Gasteiger partial charge in [-0.15, -0.1) is 0 Å². The number of hydrogen-bond acceptors (Lipinski definition) is 5. The van der Waals surface area contributed by atoms with Crippen LogP contribution in [0.5, 0.6) is 0 Å². The Kier molecular flexibility index (Phi) is 5.33. The van der Waals surface area contributed by atoms with Crippen molar-refractivity contribution < 1.29 is 4.79 Å². The number of hydrogen-bond donors (Lipinski definition) is 0. The molecule has 0 aliphatic carbocycles. The normalized spacial score (nSPS) is 22.7. The van der Waals surface area contributed by atoms with Crippen molar-refractivity contribution in [2.75, 3.05) is 44.2 Å².